The van der Waals surface area contributed by atoms with E-state index in [0.29, 0.717) is 11.6 Å². The van der Waals surface area contributed by atoms with Crippen molar-refractivity contribution in [3.8, 4) is 22.8 Å². The van der Waals surface area contributed by atoms with Crippen LogP contribution in [0.4, 0.5) is 11.5 Å². The van der Waals surface area contributed by atoms with Crippen LogP contribution in [0, 0.1) is 6.92 Å². The zero-order valence-corrected chi connectivity index (χ0v) is 22.5. The van der Waals surface area contributed by atoms with E-state index in [4.69, 9.17) is 9.47 Å². The average molecular weight is 532 g/mol. The van der Waals surface area contributed by atoms with Crippen LogP contribution in [0.5, 0.6) is 11.5 Å². The van der Waals surface area contributed by atoms with Gasteiger partial charge in [-0.05, 0) is 48.9 Å². The molecule has 0 fully saturated rings. The van der Waals surface area contributed by atoms with Gasteiger partial charge in [-0.2, -0.15) is 0 Å². The Labute approximate surface area is 230 Å². The van der Waals surface area contributed by atoms with E-state index in [1.54, 1.807) is 38.4 Å². The Balaban J connectivity index is 1.27. The lowest BCUT2D eigenvalue weighted by Gasteiger charge is -2.13. The summed E-state index contributed by atoms with van der Waals surface area (Å²) >= 11 is 1.64. The monoisotopic (exact) mass is 531 g/mol. The number of rotatable bonds is 7. The van der Waals surface area contributed by atoms with E-state index >= 15 is 0 Å². The van der Waals surface area contributed by atoms with Crippen molar-refractivity contribution < 1.29 is 9.47 Å². The molecule has 3 aromatic carbocycles. The Morgan fingerprint density at radius 2 is 1.62 bits per heavy atom. The lowest BCUT2D eigenvalue weighted by molar-refractivity contribution is 0.412. The van der Waals surface area contributed by atoms with Gasteiger partial charge in [-0.3, -0.25) is 4.98 Å². The molecule has 0 spiro atoms. The molecular weight excluding hydrogens is 506 g/mol. The third-order valence-corrected chi connectivity index (χ3v) is 7.52. The predicted octanol–water partition coefficient (Wildman–Crippen LogP) is 7.46. The molecule has 0 saturated carbocycles. The summed E-state index contributed by atoms with van der Waals surface area (Å²) in [6.45, 7) is 2.02. The van der Waals surface area contributed by atoms with E-state index in [2.05, 4.69) is 55.8 Å². The third kappa shape index (κ3) is 4.94. The van der Waals surface area contributed by atoms with Crippen LogP contribution in [0.25, 0.3) is 33.1 Å². The molecule has 6 aromatic rings. The molecule has 0 saturated heterocycles. The van der Waals surface area contributed by atoms with Gasteiger partial charge < -0.3 is 14.8 Å². The highest BCUT2D eigenvalue weighted by Gasteiger charge is 2.13. The minimum atomic E-state index is 0.690. The molecule has 7 nitrogen and oxygen atoms in total. The van der Waals surface area contributed by atoms with E-state index in [1.165, 1.54) is 0 Å². The maximum Gasteiger partial charge on any atom is 0.161 e. The molecule has 3 heterocycles. The zero-order chi connectivity index (χ0) is 26.8. The fourth-order valence-corrected chi connectivity index (χ4v) is 5.34. The van der Waals surface area contributed by atoms with Gasteiger partial charge in [-0.1, -0.05) is 48.2 Å². The summed E-state index contributed by atoms with van der Waals surface area (Å²) < 4.78 is 10.8. The highest BCUT2D eigenvalue weighted by Crippen LogP contribution is 2.35. The van der Waals surface area contributed by atoms with Crippen LogP contribution >= 0.6 is 11.8 Å². The Kier molecular flexibility index (Phi) is 6.69. The van der Waals surface area contributed by atoms with Crippen LogP contribution in [0.1, 0.15) is 5.56 Å². The van der Waals surface area contributed by atoms with Gasteiger partial charge in [0, 0.05) is 44.1 Å². The number of benzene rings is 3. The summed E-state index contributed by atoms with van der Waals surface area (Å²) in [5.74, 6) is 2.22. The summed E-state index contributed by atoms with van der Waals surface area (Å²) in [6, 6.07) is 26.4. The second kappa shape index (κ2) is 10.6. The van der Waals surface area contributed by atoms with E-state index in [1.807, 2.05) is 55.5 Å². The van der Waals surface area contributed by atoms with Gasteiger partial charge in [-0.25, -0.2) is 4.98 Å². The summed E-state index contributed by atoms with van der Waals surface area (Å²) in [7, 11) is 3.31. The number of ether oxygens (including phenoxy) is 2. The van der Waals surface area contributed by atoms with E-state index < -0.39 is 0 Å². The Hall–Kier alpha value is -4.69. The summed E-state index contributed by atoms with van der Waals surface area (Å²) in [5.41, 5.74) is 5.43. The molecule has 0 aliphatic heterocycles. The van der Waals surface area contributed by atoms with E-state index in [0.717, 1.165) is 59.9 Å². The molecule has 192 valence electrons. The minimum absolute atomic E-state index is 0.690. The average Bonchev–Trinajstić information content (AvgIpc) is 2.98. The van der Waals surface area contributed by atoms with Crippen LogP contribution < -0.4 is 14.8 Å². The number of pyridine rings is 2. The van der Waals surface area contributed by atoms with Crippen molar-refractivity contribution >= 4 is 45.1 Å². The van der Waals surface area contributed by atoms with Gasteiger partial charge in [0.1, 0.15) is 22.7 Å². The molecule has 39 heavy (non-hydrogen) atoms. The highest BCUT2D eigenvalue weighted by molar-refractivity contribution is 7.99. The molecule has 0 aliphatic rings. The SMILES string of the molecule is COc1cnc2c(Sc3ccc(Nc4nnc(-c5ccc(C)c(OC)c5)c5ccccc45)cc3)ccnc2c1. The zero-order valence-electron chi connectivity index (χ0n) is 21.7. The van der Waals surface area contributed by atoms with Crippen molar-refractivity contribution in [1.82, 2.24) is 20.2 Å². The molecule has 3 aromatic heterocycles. The smallest absolute Gasteiger partial charge is 0.161 e. The first kappa shape index (κ1) is 24.6. The summed E-state index contributed by atoms with van der Waals surface area (Å²) in [6.07, 6.45) is 3.51. The molecule has 0 amide bonds. The molecule has 8 heteroatoms. The van der Waals surface area contributed by atoms with Gasteiger partial charge >= 0.3 is 0 Å². The van der Waals surface area contributed by atoms with E-state index in [-0.39, 0.29) is 0 Å². The Bertz CT molecular complexity index is 1810. The summed E-state index contributed by atoms with van der Waals surface area (Å²) in [4.78, 5) is 11.1. The van der Waals surface area contributed by atoms with Gasteiger partial charge in [0.25, 0.3) is 0 Å². The van der Waals surface area contributed by atoms with Crippen molar-refractivity contribution in [3.63, 3.8) is 0 Å². The number of nitrogens with zero attached hydrogens (tertiary/aromatic N) is 4. The fourth-order valence-electron chi connectivity index (χ4n) is 4.43. The molecule has 0 radical (unpaired) electrons. The van der Waals surface area contributed by atoms with Crippen LogP contribution in [0.15, 0.2) is 101 Å². The number of aromatic nitrogens is 4. The molecule has 0 atom stereocenters. The molecule has 0 aliphatic carbocycles. The Morgan fingerprint density at radius 3 is 2.41 bits per heavy atom. The molecular formula is C31H25N5O2S. The first-order valence-electron chi connectivity index (χ1n) is 12.4. The number of hydrogen-bond acceptors (Lipinski definition) is 8. The van der Waals surface area contributed by atoms with Gasteiger partial charge in [0.05, 0.1) is 25.9 Å². The number of fused-ring (bicyclic) bond motifs is 2. The van der Waals surface area contributed by atoms with Gasteiger partial charge in [-0.15, -0.1) is 10.2 Å². The highest BCUT2D eigenvalue weighted by atomic mass is 32.2. The van der Waals surface area contributed by atoms with Crippen LogP contribution in [-0.2, 0) is 0 Å². The van der Waals surface area contributed by atoms with Crippen molar-refractivity contribution in [2.75, 3.05) is 19.5 Å². The normalized spacial score (nSPS) is 11.1. The van der Waals surface area contributed by atoms with Crippen LogP contribution in [0.3, 0.4) is 0 Å². The standard InChI is InChI=1S/C31H25N5O2S/c1-19-8-9-20(16-27(19)38-3)29-24-6-4-5-7-25(24)31(36-35-29)34-21-10-12-23(13-11-21)39-28-14-15-32-26-17-22(37-2)18-33-30(26)28/h4-18H,1-3H3,(H,34,36). The van der Waals surface area contributed by atoms with E-state index in [9.17, 15) is 0 Å². The quantitative estimate of drug-likeness (QED) is 0.227. The van der Waals surface area contributed by atoms with Crippen molar-refractivity contribution in [2.45, 2.75) is 16.7 Å². The second-order valence-corrected chi connectivity index (χ2v) is 10.0. The topological polar surface area (TPSA) is 82.0 Å². The molecule has 0 bridgehead atoms. The van der Waals surface area contributed by atoms with Crippen LogP contribution in [0.2, 0.25) is 0 Å². The first-order valence-corrected chi connectivity index (χ1v) is 13.2. The number of aryl methyl sites for hydroxylation is 1. The third-order valence-electron chi connectivity index (χ3n) is 6.46. The largest absolute Gasteiger partial charge is 0.496 e. The number of hydrogen-bond donors (Lipinski definition) is 1. The fraction of sp³-hybridized carbons (Fsp3) is 0.0968. The van der Waals surface area contributed by atoms with Crippen molar-refractivity contribution in [1.29, 1.82) is 0 Å². The van der Waals surface area contributed by atoms with Crippen molar-refractivity contribution in [2.24, 2.45) is 0 Å². The lowest BCUT2D eigenvalue weighted by Crippen LogP contribution is -1.99. The lowest BCUT2D eigenvalue weighted by atomic mass is 10.0. The van der Waals surface area contributed by atoms with Crippen LogP contribution in [-0.4, -0.2) is 34.4 Å². The predicted molar refractivity (Wildman–Crippen MR) is 156 cm³/mol. The molecule has 6 rings (SSSR count). The second-order valence-electron chi connectivity index (χ2n) is 8.93. The van der Waals surface area contributed by atoms with Gasteiger partial charge in [0.2, 0.25) is 0 Å². The van der Waals surface area contributed by atoms with Crippen molar-refractivity contribution in [3.05, 3.63) is 96.8 Å². The maximum absolute atomic E-state index is 5.53. The van der Waals surface area contributed by atoms with Gasteiger partial charge in [0.15, 0.2) is 5.82 Å². The Morgan fingerprint density at radius 1 is 0.795 bits per heavy atom. The number of nitrogens with one attached hydrogen (secondary N) is 1. The molecule has 1 N–H and O–H groups in total. The maximum atomic E-state index is 5.53. The summed E-state index contributed by atoms with van der Waals surface area (Å²) in [5, 5.41) is 14.6. The molecule has 0 unspecified atom stereocenters. The number of anilines is 2. The minimum Gasteiger partial charge on any atom is -0.496 e. The first-order chi connectivity index (χ1) is 19.1. The number of methoxy groups -OCH3 is 2.